The number of ether oxygens (including phenoxy) is 1. The summed E-state index contributed by atoms with van der Waals surface area (Å²) in [5.41, 5.74) is 1.26. The molecule has 0 saturated carbocycles. The van der Waals surface area contributed by atoms with Crippen LogP contribution in [0.25, 0.3) is 0 Å². The molecule has 0 saturated heterocycles. The van der Waals surface area contributed by atoms with Crippen LogP contribution in [-0.2, 0) is 6.54 Å². The molecule has 21 heavy (non-hydrogen) atoms. The molecule has 1 aromatic carbocycles. The van der Waals surface area contributed by atoms with Gasteiger partial charge in [0.2, 0.25) is 0 Å². The molecular weight excluding hydrogens is 417 g/mol. The Hall–Kier alpha value is 0.230. The maximum Gasteiger partial charge on any atom is 0.147 e. The van der Waals surface area contributed by atoms with Gasteiger partial charge >= 0.3 is 0 Å². The summed E-state index contributed by atoms with van der Waals surface area (Å²) in [7, 11) is 0. The lowest BCUT2D eigenvalue weighted by Gasteiger charge is -2.11. The second kappa shape index (κ2) is 12.7. The van der Waals surface area contributed by atoms with E-state index in [1.807, 2.05) is 6.92 Å². The van der Waals surface area contributed by atoms with Gasteiger partial charge in [0, 0.05) is 6.54 Å². The maximum atomic E-state index is 5.59. The number of hydrogen-bond acceptors (Lipinski definition) is 2. The summed E-state index contributed by atoms with van der Waals surface area (Å²) >= 11 is 7.13. The van der Waals surface area contributed by atoms with Crippen LogP contribution in [0.5, 0.6) is 5.75 Å². The highest BCUT2D eigenvalue weighted by atomic mass is 79.9. The summed E-state index contributed by atoms with van der Waals surface area (Å²) < 4.78 is 7.60. The third-order valence-corrected chi connectivity index (χ3v) is 4.31. The minimum atomic E-state index is 0. The first-order chi connectivity index (χ1) is 9.69. The Balaban J connectivity index is 0.00000400. The monoisotopic (exact) mass is 441 g/mol. The van der Waals surface area contributed by atoms with Crippen molar-refractivity contribution in [2.75, 3.05) is 13.2 Å². The highest BCUT2D eigenvalue weighted by Crippen LogP contribution is 2.34. The molecule has 0 atom stereocenters. The Morgan fingerprint density at radius 2 is 1.62 bits per heavy atom. The third kappa shape index (κ3) is 8.44. The van der Waals surface area contributed by atoms with Crippen molar-refractivity contribution in [3.8, 4) is 5.75 Å². The molecule has 1 rings (SSSR count). The first-order valence-corrected chi connectivity index (χ1v) is 9.09. The van der Waals surface area contributed by atoms with Crippen LogP contribution in [0.4, 0.5) is 0 Å². The highest BCUT2D eigenvalue weighted by molar-refractivity contribution is 9.11. The van der Waals surface area contributed by atoms with Gasteiger partial charge in [-0.05, 0) is 69.4 Å². The highest BCUT2D eigenvalue weighted by Gasteiger charge is 2.08. The van der Waals surface area contributed by atoms with Gasteiger partial charge in [0.25, 0.3) is 0 Å². The van der Waals surface area contributed by atoms with E-state index in [1.165, 1.54) is 37.7 Å². The molecule has 0 aliphatic heterocycles. The molecule has 122 valence electrons. The molecule has 0 aliphatic carbocycles. The summed E-state index contributed by atoms with van der Waals surface area (Å²) in [6.45, 7) is 6.91. The van der Waals surface area contributed by atoms with Crippen LogP contribution in [0.15, 0.2) is 21.1 Å². The molecule has 0 fully saturated rings. The van der Waals surface area contributed by atoms with Crippen LogP contribution >= 0.6 is 44.3 Å². The summed E-state index contributed by atoms with van der Waals surface area (Å²) in [4.78, 5) is 0. The molecular formula is C16H26Br2ClNO. The van der Waals surface area contributed by atoms with E-state index in [1.54, 1.807) is 0 Å². The van der Waals surface area contributed by atoms with Gasteiger partial charge in [0.15, 0.2) is 0 Å². The van der Waals surface area contributed by atoms with Crippen LogP contribution in [0.3, 0.4) is 0 Å². The number of hydrogen-bond donors (Lipinski definition) is 1. The van der Waals surface area contributed by atoms with E-state index in [0.29, 0.717) is 6.61 Å². The Bertz CT molecular complexity index is 379. The van der Waals surface area contributed by atoms with Crippen molar-refractivity contribution in [2.24, 2.45) is 0 Å². The van der Waals surface area contributed by atoms with E-state index >= 15 is 0 Å². The van der Waals surface area contributed by atoms with E-state index in [-0.39, 0.29) is 12.4 Å². The number of rotatable bonds is 10. The first kappa shape index (κ1) is 21.2. The topological polar surface area (TPSA) is 21.3 Å². The Morgan fingerprint density at radius 1 is 1.00 bits per heavy atom. The number of benzene rings is 1. The summed E-state index contributed by atoms with van der Waals surface area (Å²) in [6.07, 6.45) is 6.62. The van der Waals surface area contributed by atoms with E-state index in [0.717, 1.165) is 27.8 Å². The van der Waals surface area contributed by atoms with Gasteiger partial charge in [0.1, 0.15) is 5.75 Å². The van der Waals surface area contributed by atoms with Crippen molar-refractivity contribution < 1.29 is 4.74 Å². The lowest BCUT2D eigenvalue weighted by molar-refractivity contribution is 0.336. The maximum absolute atomic E-state index is 5.59. The molecule has 0 aromatic heterocycles. The van der Waals surface area contributed by atoms with Crippen molar-refractivity contribution in [1.82, 2.24) is 5.32 Å². The minimum absolute atomic E-state index is 0. The smallest absolute Gasteiger partial charge is 0.147 e. The number of unbranched alkanes of at least 4 members (excludes halogenated alkanes) is 4. The second-order valence-corrected chi connectivity index (χ2v) is 6.62. The van der Waals surface area contributed by atoms with E-state index in [4.69, 9.17) is 4.74 Å². The van der Waals surface area contributed by atoms with Crippen molar-refractivity contribution in [1.29, 1.82) is 0 Å². The number of nitrogens with one attached hydrogen (secondary N) is 1. The second-order valence-electron chi connectivity index (χ2n) is 4.91. The lowest BCUT2D eigenvalue weighted by Crippen LogP contribution is -2.14. The summed E-state index contributed by atoms with van der Waals surface area (Å²) in [5.74, 6) is 0.885. The largest absolute Gasteiger partial charge is 0.492 e. The average Bonchev–Trinajstić information content (AvgIpc) is 2.42. The normalized spacial score (nSPS) is 10.3. The fourth-order valence-electron chi connectivity index (χ4n) is 2.08. The Morgan fingerprint density at radius 3 is 2.19 bits per heavy atom. The van der Waals surface area contributed by atoms with Crippen LogP contribution < -0.4 is 10.1 Å². The van der Waals surface area contributed by atoms with Crippen molar-refractivity contribution >= 4 is 44.3 Å². The summed E-state index contributed by atoms with van der Waals surface area (Å²) in [6, 6.07) is 4.25. The molecule has 0 bridgehead atoms. The zero-order valence-electron chi connectivity index (χ0n) is 12.9. The van der Waals surface area contributed by atoms with Crippen molar-refractivity contribution in [2.45, 2.75) is 52.5 Å². The predicted octanol–water partition coefficient (Wildman–Crippen LogP) is 6.09. The SMILES string of the molecule is CCCCCCCNCc1cc(Br)c(OCC)c(Br)c1.Cl. The van der Waals surface area contributed by atoms with Crippen molar-refractivity contribution in [3.05, 3.63) is 26.6 Å². The zero-order valence-corrected chi connectivity index (χ0v) is 16.9. The van der Waals surface area contributed by atoms with E-state index in [9.17, 15) is 0 Å². The molecule has 0 unspecified atom stereocenters. The van der Waals surface area contributed by atoms with Gasteiger partial charge in [-0.3, -0.25) is 0 Å². The first-order valence-electron chi connectivity index (χ1n) is 7.50. The van der Waals surface area contributed by atoms with Crippen LogP contribution in [0, 0.1) is 0 Å². The fraction of sp³-hybridized carbons (Fsp3) is 0.625. The fourth-order valence-corrected chi connectivity index (χ4v) is 3.59. The van der Waals surface area contributed by atoms with Gasteiger partial charge < -0.3 is 10.1 Å². The van der Waals surface area contributed by atoms with Gasteiger partial charge in [-0.25, -0.2) is 0 Å². The zero-order chi connectivity index (χ0) is 14.8. The third-order valence-electron chi connectivity index (χ3n) is 3.13. The van der Waals surface area contributed by atoms with Crippen molar-refractivity contribution in [3.63, 3.8) is 0 Å². The summed E-state index contributed by atoms with van der Waals surface area (Å²) in [5, 5.41) is 3.50. The standard InChI is InChI=1S/C16H25Br2NO.ClH/c1-3-5-6-7-8-9-19-12-13-10-14(17)16(20-4-2)15(18)11-13;/h10-11,19H,3-9,12H2,1-2H3;1H. The Kier molecular flexibility index (Phi) is 12.9. The van der Waals surface area contributed by atoms with Gasteiger partial charge in [-0.2, -0.15) is 0 Å². The van der Waals surface area contributed by atoms with Gasteiger partial charge in [-0.1, -0.05) is 32.6 Å². The molecule has 0 amide bonds. The van der Waals surface area contributed by atoms with Crippen LogP contribution in [0.1, 0.15) is 51.5 Å². The Labute approximate surface area is 152 Å². The van der Waals surface area contributed by atoms with Crippen LogP contribution in [0.2, 0.25) is 0 Å². The van der Waals surface area contributed by atoms with Gasteiger partial charge in [0.05, 0.1) is 15.6 Å². The quantitative estimate of drug-likeness (QED) is 0.442. The molecule has 2 nitrogen and oxygen atoms in total. The molecule has 0 aliphatic rings. The molecule has 0 heterocycles. The predicted molar refractivity (Wildman–Crippen MR) is 101 cm³/mol. The minimum Gasteiger partial charge on any atom is -0.492 e. The molecule has 0 radical (unpaired) electrons. The van der Waals surface area contributed by atoms with E-state index < -0.39 is 0 Å². The van der Waals surface area contributed by atoms with E-state index in [2.05, 4.69) is 56.2 Å². The molecule has 1 N–H and O–H groups in total. The van der Waals surface area contributed by atoms with Gasteiger partial charge in [-0.15, -0.1) is 12.4 Å². The molecule has 1 aromatic rings. The lowest BCUT2D eigenvalue weighted by atomic mass is 10.1. The molecule has 5 heteroatoms. The molecule has 0 spiro atoms. The average molecular weight is 444 g/mol. The number of halogens is 3. The van der Waals surface area contributed by atoms with Crippen LogP contribution in [-0.4, -0.2) is 13.2 Å².